The van der Waals surface area contributed by atoms with Gasteiger partial charge >= 0.3 is 40.3 Å². The molecule has 0 aliphatic carbocycles. The molecule has 0 spiro atoms. The number of rotatable bonds is 31. The fourth-order valence-corrected chi connectivity index (χ4v) is 4.00. The van der Waals surface area contributed by atoms with Crippen molar-refractivity contribution in [2.75, 3.05) is 52.4 Å². The second-order valence-electron chi connectivity index (χ2n) is 11.5. The number of hydrogen-bond acceptors (Lipinski definition) is 17. The summed E-state index contributed by atoms with van der Waals surface area (Å²) in [6, 6.07) is -3.61. The maximum atomic E-state index is 12.7. The molecular weight excluding hydrogens is 960 g/mol. The first kappa shape index (κ1) is 61.1. The summed E-state index contributed by atoms with van der Waals surface area (Å²) in [6.45, 7) is -1.28. The van der Waals surface area contributed by atoms with E-state index in [0.29, 0.717) is 0 Å². The maximum absolute atomic E-state index is 12.7. The third-order valence-electron chi connectivity index (χ3n) is 6.90. The van der Waals surface area contributed by atoms with Crippen LogP contribution in [-0.4, -0.2) is 156 Å². The van der Waals surface area contributed by atoms with E-state index < -0.39 is 147 Å². The molecule has 0 rings (SSSR count). The Morgan fingerprint density at radius 3 is 1.08 bits per heavy atom. The number of ketones is 2. The number of Topliss-reactive ketones (excluding diaryl/α,β-unsaturated/α-hetero) is 2. The van der Waals surface area contributed by atoms with E-state index >= 15 is 0 Å². The zero-order valence-corrected chi connectivity index (χ0v) is 36.2. The maximum Gasteiger partial charge on any atom is 0 e. The average molecular weight is 1010 g/mol. The Morgan fingerprint density at radius 2 is 0.797 bits per heavy atom. The SMILES string of the molecule is C=C([O-])CNC(=O)CNC(=O)[C@H](CCC(=O)O)NCC(=O)CNC(=O)CNC(=O)[C@H](CCC(=O)O)NCC(=O)CNC(=O)CNC(=O)[C@H](CCC(=O)O)NN.O.[O]=[99Tc].[Y]. The van der Waals surface area contributed by atoms with Crippen LogP contribution >= 0.6 is 0 Å². The number of hydrogen-bond donors (Lipinski definition) is 13. The molecule has 0 aromatic heterocycles. The Balaban J connectivity index is -0.00000372. The standard InChI is InChI=1S/C30H48N10O15.H2O.O.Tc.Y/c1-16(41)8-34-22(44)13-37-28(53)19(2-5-25(47)48)32-9-17(42)11-35-23(45)14-38-29(54)20(3-6-26(49)50)33-10-18(43)12-36-24(46)15-39-30(55)21(40-31)4-7-27(51)52;;;;/h19-21,32-33,40-41H,1-15,31H2,(H,34,44)(H,35,45)(H,36,46)(H,37,53)(H,38,54)(H,39,55)(H,47,48)(H,49,50)(H,51,52);1H2;;;/p-1/t19-,20-,21-;;;;/m0..../s1/i;;;1+1;. The van der Waals surface area contributed by atoms with E-state index in [1.165, 1.54) is 0 Å². The molecule has 0 unspecified atom stereocenters. The summed E-state index contributed by atoms with van der Waals surface area (Å²) in [4.78, 5) is 131. The van der Waals surface area contributed by atoms with E-state index in [1.807, 2.05) is 0 Å². The summed E-state index contributed by atoms with van der Waals surface area (Å²) in [7, 11) is 0. The van der Waals surface area contributed by atoms with Gasteiger partial charge in [0.15, 0.2) is 11.6 Å². The number of hydrazine groups is 1. The van der Waals surface area contributed by atoms with E-state index in [4.69, 9.17) is 24.7 Å². The van der Waals surface area contributed by atoms with Gasteiger partial charge in [0.25, 0.3) is 0 Å². The molecule has 0 aromatic rings. The minimum atomic E-state index is -1.29. The van der Waals surface area contributed by atoms with Crippen molar-refractivity contribution in [2.45, 2.75) is 56.7 Å². The Labute approximate surface area is 371 Å². The van der Waals surface area contributed by atoms with Crippen LogP contribution in [0.3, 0.4) is 0 Å². The van der Waals surface area contributed by atoms with E-state index in [1.54, 1.807) is 0 Å². The zero-order chi connectivity index (χ0) is 43.9. The second-order valence-corrected chi connectivity index (χ2v) is 11.5. The minimum Gasteiger partial charge on any atom is 0 e. The number of nitrogens with one attached hydrogen (secondary N) is 9. The number of carbonyl (C=O) groups excluding carboxylic acids is 8. The number of aliphatic carboxylic acids is 3. The fraction of sp³-hybridized carbons (Fsp3) is 0.567. The Bertz CT molecular complexity index is 1460. The van der Waals surface area contributed by atoms with Crippen LogP contribution in [0.15, 0.2) is 12.3 Å². The molecule has 0 saturated carbocycles. The van der Waals surface area contributed by atoms with Crippen LogP contribution in [0.25, 0.3) is 0 Å². The van der Waals surface area contributed by atoms with Gasteiger partial charge in [0, 0.05) is 58.5 Å². The normalized spacial score (nSPS) is 11.3. The number of carboxylic acid groups (broad SMARTS) is 3. The molecule has 16 N–H and O–H groups in total. The second kappa shape index (κ2) is 36.5. The van der Waals surface area contributed by atoms with Gasteiger partial charge in [-0.05, 0) is 19.3 Å². The summed E-state index contributed by atoms with van der Waals surface area (Å²) >= 11 is 0.900. The Hall–Kier alpha value is -4.54. The third-order valence-corrected chi connectivity index (χ3v) is 6.90. The minimum absolute atomic E-state index is 0. The predicted octanol–water partition coefficient (Wildman–Crippen LogP) is -8.91. The molecule has 59 heavy (non-hydrogen) atoms. The molecule has 0 fully saturated rings. The van der Waals surface area contributed by atoms with Crippen molar-refractivity contribution in [1.82, 2.24) is 48.0 Å². The van der Waals surface area contributed by atoms with Crippen molar-refractivity contribution < 1.29 is 134 Å². The van der Waals surface area contributed by atoms with Gasteiger partial charge < -0.3 is 57.8 Å². The van der Waals surface area contributed by atoms with Crippen LogP contribution in [-0.2, 0) is 108 Å². The van der Waals surface area contributed by atoms with Gasteiger partial charge in [0.05, 0.1) is 57.9 Å². The molecule has 0 aromatic carbocycles. The molecule has 0 bridgehead atoms. The molecule has 6 amide bonds. The molecule has 3 atom stereocenters. The average Bonchev–Trinajstić information content (AvgIpc) is 3.16. The third kappa shape index (κ3) is 34.1. The van der Waals surface area contributed by atoms with Crippen LogP contribution in [0, 0.1) is 0 Å². The van der Waals surface area contributed by atoms with Crippen LogP contribution in [0.4, 0.5) is 0 Å². The summed E-state index contributed by atoms with van der Waals surface area (Å²) in [6.07, 6.45) is -2.08. The molecule has 332 valence electrons. The van der Waals surface area contributed by atoms with Gasteiger partial charge in [0.2, 0.25) is 35.4 Å². The summed E-state index contributed by atoms with van der Waals surface area (Å²) in [5.41, 5.74) is 2.12. The first-order valence-electron chi connectivity index (χ1n) is 16.6. The number of carboxylic acids is 3. The van der Waals surface area contributed by atoms with Crippen molar-refractivity contribution in [3.05, 3.63) is 12.3 Å². The predicted molar refractivity (Wildman–Crippen MR) is 187 cm³/mol. The molecular formula is C30H49N10O17TcY-. The summed E-state index contributed by atoms with van der Waals surface area (Å²) in [5.74, 6) is -5.18. The number of amides is 6. The first-order valence-corrected chi connectivity index (χ1v) is 17.3. The summed E-state index contributed by atoms with van der Waals surface area (Å²) in [5, 5.41) is 55.9. The van der Waals surface area contributed by atoms with E-state index in [0.717, 1.165) is 18.9 Å². The van der Waals surface area contributed by atoms with Gasteiger partial charge in [0.1, 0.15) is 6.04 Å². The smallest absolute Gasteiger partial charge is 0 e. The van der Waals surface area contributed by atoms with Gasteiger partial charge in [-0.25, -0.2) is 5.43 Å². The van der Waals surface area contributed by atoms with Crippen LogP contribution in [0.2, 0.25) is 0 Å². The van der Waals surface area contributed by atoms with Crippen molar-refractivity contribution in [3.63, 3.8) is 0 Å². The van der Waals surface area contributed by atoms with Crippen molar-refractivity contribution in [2.24, 2.45) is 5.84 Å². The first-order chi connectivity index (χ1) is 26.8. The molecule has 0 aliphatic heterocycles. The largest absolute Gasteiger partial charge is 0 e. The van der Waals surface area contributed by atoms with Gasteiger partial charge in [-0.1, -0.05) is 0 Å². The topological polar surface area (TPSA) is 454 Å². The van der Waals surface area contributed by atoms with Crippen molar-refractivity contribution >= 4 is 64.9 Å². The monoisotopic (exact) mass is 1010 g/mol. The van der Waals surface area contributed by atoms with Gasteiger partial charge in [-0.15, -0.1) is 12.3 Å². The van der Waals surface area contributed by atoms with Gasteiger partial charge in [-0.2, -0.15) is 0 Å². The molecule has 27 nitrogen and oxygen atoms in total. The number of nitrogens with two attached hydrogens (primary N) is 1. The van der Waals surface area contributed by atoms with E-state index in [-0.39, 0.29) is 70.4 Å². The van der Waals surface area contributed by atoms with Crippen molar-refractivity contribution in [1.29, 1.82) is 0 Å². The Kier molecular flexibility index (Phi) is 37.9. The molecule has 0 saturated heterocycles. The zero-order valence-electron chi connectivity index (χ0n) is 31.5. The molecule has 29 heteroatoms. The Morgan fingerprint density at radius 1 is 0.508 bits per heavy atom. The van der Waals surface area contributed by atoms with E-state index in [9.17, 15) is 57.8 Å². The van der Waals surface area contributed by atoms with Gasteiger partial charge in [-0.3, -0.25) is 69.2 Å². The van der Waals surface area contributed by atoms with E-state index in [2.05, 4.69) is 54.5 Å². The molecule has 0 heterocycles. The fourth-order valence-electron chi connectivity index (χ4n) is 4.00. The molecule has 1 radical (unpaired) electrons. The van der Waals surface area contributed by atoms with Crippen LogP contribution in [0.1, 0.15) is 38.5 Å². The molecule has 0 aliphatic rings. The van der Waals surface area contributed by atoms with Crippen LogP contribution < -0.4 is 58.9 Å². The quantitative estimate of drug-likeness (QED) is 0.0174. The van der Waals surface area contributed by atoms with Crippen molar-refractivity contribution in [3.8, 4) is 0 Å². The van der Waals surface area contributed by atoms with Crippen LogP contribution in [0.5, 0.6) is 0 Å². The number of carbonyl (C=O) groups is 11. The summed E-state index contributed by atoms with van der Waals surface area (Å²) < 4.78 is 8.22.